The Kier molecular flexibility index (Phi) is 5.04. The van der Waals surface area contributed by atoms with Crippen LogP contribution in [0, 0.1) is 0 Å². The van der Waals surface area contributed by atoms with Crippen molar-refractivity contribution in [3.05, 3.63) is 72.8 Å². The molecule has 0 unspecified atom stereocenters. The summed E-state index contributed by atoms with van der Waals surface area (Å²) < 4.78 is 0. The van der Waals surface area contributed by atoms with Gasteiger partial charge < -0.3 is 0 Å². The van der Waals surface area contributed by atoms with Gasteiger partial charge in [-0.05, 0) is 17.7 Å². The first kappa shape index (κ1) is 14.7. The van der Waals surface area contributed by atoms with Crippen molar-refractivity contribution in [2.24, 2.45) is 0 Å². The van der Waals surface area contributed by atoms with E-state index < -0.39 is 0 Å². The molecule has 0 aromatic heterocycles. The molecule has 0 N–H and O–H groups in total. The first-order chi connectivity index (χ1) is 10.2. The van der Waals surface area contributed by atoms with E-state index in [9.17, 15) is 9.59 Å². The summed E-state index contributed by atoms with van der Waals surface area (Å²) in [6.45, 7) is 3.63. The molecular formula is C18H17NO2. The lowest BCUT2D eigenvalue weighted by Gasteiger charge is -2.12. The van der Waals surface area contributed by atoms with Crippen LogP contribution in [0.15, 0.2) is 67.2 Å². The van der Waals surface area contributed by atoms with Crippen molar-refractivity contribution in [1.82, 2.24) is 0 Å². The zero-order valence-electron chi connectivity index (χ0n) is 11.7. The summed E-state index contributed by atoms with van der Waals surface area (Å²) in [5.74, 6) is -0.201. The van der Waals surface area contributed by atoms with E-state index in [0.717, 1.165) is 0 Å². The van der Waals surface area contributed by atoms with Crippen LogP contribution in [0.25, 0.3) is 6.08 Å². The van der Waals surface area contributed by atoms with Gasteiger partial charge >= 0.3 is 0 Å². The molecule has 2 aromatic rings. The fraction of sp³-hybridized carbons (Fsp3) is 0.111. The van der Waals surface area contributed by atoms with Crippen LogP contribution in [0.2, 0.25) is 0 Å². The summed E-state index contributed by atoms with van der Waals surface area (Å²) in [4.78, 5) is 23.8. The van der Waals surface area contributed by atoms with Gasteiger partial charge in [0.15, 0.2) is 0 Å². The Morgan fingerprint density at radius 1 is 0.810 bits per heavy atom. The minimum Gasteiger partial charge on any atom is -0.274 e. The predicted molar refractivity (Wildman–Crippen MR) is 84.7 cm³/mol. The molecule has 0 aliphatic carbocycles. The summed E-state index contributed by atoms with van der Waals surface area (Å²) in [5, 5.41) is 0. The van der Waals surface area contributed by atoms with E-state index in [1.54, 1.807) is 12.1 Å². The van der Waals surface area contributed by atoms with Crippen LogP contribution in [0.3, 0.4) is 0 Å². The lowest BCUT2D eigenvalue weighted by atomic mass is 10.2. The number of carbonyl (C=O) groups is 2. The molecular weight excluding hydrogens is 262 g/mol. The normalized spacial score (nSPS) is 13.6. The molecule has 3 rings (SSSR count). The number of hydrogen-bond donors (Lipinski definition) is 0. The summed E-state index contributed by atoms with van der Waals surface area (Å²) >= 11 is 0. The minimum atomic E-state index is -0.101. The molecule has 0 saturated carbocycles. The largest absolute Gasteiger partial charge is 0.274 e. The number of rotatable bonds is 2. The Morgan fingerprint density at radius 3 is 1.71 bits per heavy atom. The molecule has 0 atom stereocenters. The van der Waals surface area contributed by atoms with Gasteiger partial charge in [-0.3, -0.25) is 14.5 Å². The van der Waals surface area contributed by atoms with Crippen LogP contribution in [0.5, 0.6) is 0 Å². The highest BCUT2D eigenvalue weighted by Crippen LogP contribution is 2.21. The highest BCUT2D eigenvalue weighted by atomic mass is 16.2. The van der Waals surface area contributed by atoms with Crippen molar-refractivity contribution >= 4 is 23.6 Å². The third kappa shape index (κ3) is 3.89. The molecule has 21 heavy (non-hydrogen) atoms. The number of amides is 2. The van der Waals surface area contributed by atoms with Gasteiger partial charge in [0.1, 0.15) is 0 Å². The molecule has 0 spiro atoms. The second-order valence-corrected chi connectivity index (χ2v) is 4.57. The zero-order valence-corrected chi connectivity index (χ0v) is 11.7. The van der Waals surface area contributed by atoms with Crippen LogP contribution >= 0.6 is 0 Å². The van der Waals surface area contributed by atoms with Crippen molar-refractivity contribution in [3.63, 3.8) is 0 Å². The standard InChI is InChI=1S/C10H9NO2.C8H8/c12-9-6-7-10(13)11(9)8-4-2-1-3-5-8;1-2-8-6-4-3-5-7-8/h1-5H,6-7H2;2-7H,1H2. The van der Waals surface area contributed by atoms with E-state index in [0.29, 0.717) is 18.5 Å². The molecule has 1 aliphatic heterocycles. The maximum atomic E-state index is 11.3. The van der Waals surface area contributed by atoms with Crippen molar-refractivity contribution < 1.29 is 9.59 Å². The topological polar surface area (TPSA) is 37.4 Å². The summed E-state index contributed by atoms with van der Waals surface area (Å²) in [7, 11) is 0. The molecule has 1 fully saturated rings. The number of nitrogens with zero attached hydrogens (tertiary/aromatic N) is 1. The maximum Gasteiger partial charge on any atom is 0.234 e. The molecule has 0 bridgehead atoms. The Morgan fingerprint density at radius 2 is 1.29 bits per heavy atom. The highest BCUT2D eigenvalue weighted by Gasteiger charge is 2.29. The van der Waals surface area contributed by atoms with E-state index in [2.05, 4.69) is 6.58 Å². The van der Waals surface area contributed by atoms with E-state index in [-0.39, 0.29) is 11.8 Å². The maximum absolute atomic E-state index is 11.3. The van der Waals surface area contributed by atoms with Gasteiger partial charge in [-0.2, -0.15) is 0 Å². The van der Waals surface area contributed by atoms with E-state index in [1.807, 2.05) is 54.6 Å². The molecule has 1 aliphatic rings. The van der Waals surface area contributed by atoms with Crippen molar-refractivity contribution in [2.45, 2.75) is 12.8 Å². The number of hydrogen-bond acceptors (Lipinski definition) is 2. The monoisotopic (exact) mass is 279 g/mol. The smallest absolute Gasteiger partial charge is 0.234 e. The lowest BCUT2D eigenvalue weighted by Crippen LogP contribution is -2.28. The number of carbonyl (C=O) groups excluding carboxylic acids is 2. The summed E-state index contributed by atoms with van der Waals surface area (Å²) in [5.41, 5.74) is 1.85. The lowest BCUT2D eigenvalue weighted by molar-refractivity contribution is -0.121. The Hall–Kier alpha value is -2.68. The van der Waals surface area contributed by atoms with E-state index in [4.69, 9.17) is 0 Å². The first-order valence-corrected chi connectivity index (χ1v) is 6.80. The number of anilines is 1. The summed E-state index contributed by atoms with van der Waals surface area (Å²) in [6, 6.07) is 19.0. The molecule has 2 aromatic carbocycles. The van der Waals surface area contributed by atoms with Gasteiger partial charge in [0.25, 0.3) is 0 Å². The van der Waals surface area contributed by atoms with Gasteiger partial charge in [-0.25, -0.2) is 0 Å². The first-order valence-electron chi connectivity index (χ1n) is 6.80. The molecule has 3 heteroatoms. The molecule has 106 valence electrons. The molecule has 0 radical (unpaired) electrons. The highest BCUT2D eigenvalue weighted by molar-refractivity contribution is 6.19. The average molecular weight is 279 g/mol. The molecule has 1 heterocycles. The second-order valence-electron chi connectivity index (χ2n) is 4.57. The zero-order chi connectivity index (χ0) is 15.1. The predicted octanol–water partition coefficient (Wildman–Crippen LogP) is 3.67. The Labute approximate surface area is 124 Å². The summed E-state index contributed by atoms with van der Waals surface area (Å²) in [6.07, 6.45) is 2.52. The Bertz CT molecular complexity index is 604. The fourth-order valence-corrected chi connectivity index (χ4v) is 2.03. The number of imide groups is 1. The van der Waals surface area contributed by atoms with Gasteiger partial charge in [-0.15, -0.1) is 0 Å². The number of benzene rings is 2. The van der Waals surface area contributed by atoms with Gasteiger partial charge in [0.2, 0.25) is 11.8 Å². The van der Waals surface area contributed by atoms with Crippen molar-refractivity contribution in [1.29, 1.82) is 0 Å². The van der Waals surface area contributed by atoms with Crippen LogP contribution in [-0.2, 0) is 9.59 Å². The molecule has 3 nitrogen and oxygen atoms in total. The fourth-order valence-electron chi connectivity index (χ4n) is 2.03. The quantitative estimate of drug-likeness (QED) is 0.787. The Balaban J connectivity index is 0.000000173. The van der Waals surface area contributed by atoms with Crippen LogP contribution in [0.1, 0.15) is 18.4 Å². The molecule has 2 amide bonds. The molecule has 1 saturated heterocycles. The van der Waals surface area contributed by atoms with Crippen LogP contribution in [0.4, 0.5) is 5.69 Å². The number of para-hydroxylation sites is 1. The van der Waals surface area contributed by atoms with E-state index in [1.165, 1.54) is 10.5 Å². The average Bonchev–Trinajstić information content (AvgIpc) is 2.88. The van der Waals surface area contributed by atoms with Crippen molar-refractivity contribution in [3.8, 4) is 0 Å². The van der Waals surface area contributed by atoms with Crippen LogP contribution < -0.4 is 4.90 Å². The van der Waals surface area contributed by atoms with Crippen molar-refractivity contribution in [2.75, 3.05) is 4.90 Å². The minimum absolute atomic E-state index is 0.101. The third-order valence-electron chi connectivity index (χ3n) is 3.10. The van der Waals surface area contributed by atoms with Gasteiger partial charge in [-0.1, -0.05) is 61.2 Å². The van der Waals surface area contributed by atoms with Gasteiger partial charge in [0, 0.05) is 12.8 Å². The van der Waals surface area contributed by atoms with E-state index >= 15 is 0 Å². The van der Waals surface area contributed by atoms with Crippen LogP contribution in [-0.4, -0.2) is 11.8 Å². The van der Waals surface area contributed by atoms with Gasteiger partial charge in [0.05, 0.1) is 5.69 Å². The third-order valence-corrected chi connectivity index (χ3v) is 3.10. The second kappa shape index (κ2) is 7.20. The SMILES string of the molecule is C=Cc1ccccc1.O=C1CCC(=O)N1c1ccccc1.